The average molecular weight is 2060 g/mol. The summed E-state index contributed by atoms with van der Waals surface area (Å²) in [5, 5.41) is 9.50. The van der Waals surface area contributed by atoms with Crippen molar-refractivity contribution in [1.82, 2.24) is 27.8 Å². The normalized spacial score (nSPS) is 16.1. The maximum atomic E-state index is 13.0. The number of anilines is 3. The number of esters is 4. The number of fused-ring (bicyclic) bond motifs is 6. The summed E-state index contributed by atoms with van der Waals surface area (Å²) in [6.07, 6.45) is 15.2. The van der Waals surface area contributed by atoms with Crippen LogP contribution < -0.4 is 15.2 Å². The van der Waals surface area contributed by atoms with Crippen molar-refractivity contribution in [2.24, 2.45) is 32.5 Å². The second-order valence-corrected chi connectivity index (χ2v) is 49.8. The molecule has 6 aromatic heterocycles. The Bertz CT molecular complexity index is 6780. The van der Waals surface area contributed by atoms with E-state index in [0.717, 1.165) is 170 Å². The molecule has 0 unspecified atom stereocenters. The lowest BCUT2D eigenvalue weighted by Crippen LogP contribution is -2.29. The highest BCUT2D eigenvalue weighted by atomic mass is 32.2. The van der Waals surface area contributed by atoms with Crippen molar-refractivity contribution in [2.75, 3.05) is 41.6 Å². The molecule has 25 nitrogen and oxygen atoms in total. The second kappa shape index (κ2) is 46.7. The Morgan fingerprint density at radius 2 is 0.708 bits per heavy atom. The van der Waals surface area contributed by atoms with Crippen molar-refractivity contribution in [1.29, 1.82) is 0 Å². The number of H-pyrrole nitrogens is 1. The number of hydrogen-bond donors (Lipinski definition) is 5. The van der Waals surface area contributed by atoms with Gasteiger partial charge < -0.3 is 57.6 Å². The maximum Gasteiger partial charge on any atom is 0.325 e. The zero-order valence-corrected chi connectivity index (χ0v) is 92.1. The van der Waals surface area contributed by atoms with Crippen LogP contribution in [0.4, 0.5) is 17.1 Å². The predicted octanol–water partition coefficient (Wildman–Crippen LogP) is 23.6. The summed E-state index contributed by atoms with van der Waals surface area (Å²) in [6.45, 7) is 48.5. The highest BCUT2D eigenvalue weighted by molar-refractivity contribution is 8.00. The molecule has 6 N–H and O–H groups in total. The lowest BCUT2D eigenvalue weighted by Gasteiger charge is -2.31. The SMILES string of the molecule is CCOC(=O)Cn1c(C)c(Sc2ccccc2N)c2c1CC(C)(C)CC2.CCOC(=O)Cn1c(C)c(Sc2ccccc2NS(=O)(=O)c2ccccc2)c2c1CC(C)(C)CC2.CCOC(=O)Cn1c(C)cc2c1CC(C)(C)CC2.CCOC(=O)Cn1c(C)cc2c1CC(C)(C)CC2=O.Cc1c(Sc2ccccc2NS(=O)(=O)c2ccccc2)c2c(n1CC(=O)O)CC(C)(C)CC2.Cc1cc2c([nH]1)CC(C)(C)CC2=O. The van der Waals surface area contributed by atoms with Gasteiger partial charge in [-0.1, -0.05) is 191 Å². The van der Waals surface area contributed by atoms with Crippen molar-refractivity contribution < 1.29 is 74.5 Å². The number of rotatable bonds is 26. The number of carbonyl (C=O) groups is 7. The van der Waals surface area contributed by atoms with Gasteiger partial charge in [0.05, 0.1) is 47.6 Å². The summed E-state index contributed by atoms with van der Waals surface area (Å²) in [5.41, 5.74) is 29.1. The van der Waals surface area contributed by atoms with E-state index < -0.39 is 26.0 Å². The lowest BCUT2D eigenvalue weighted by molar-refractivity contribution is -0.144. The number of para-hydroxylation sites is 3. The number of aromatic amines is 1. The molecule has 0 fully saturated rings. The molecule has 0 aliphatic heterocycles. The topological polar surface area (TPSA) is 335 Å². The van der Waals surface area contributed by atoms with Gasteiger partial charge in [-0.15, -0.1) is 0 Å². The van der Waals surface area contributed by atoms with Crippen LogP contribution >= 0.6 is 35.3 Å². The molecule has 5 aromatic carbocycles. The number of carboxylic acids is 1. The van der Waals surface area contributed by atoms with Gasteiger partial charge >= 0.3 is 29.8 Å². The first-order valence-corrected chi connectivity index (χ1v) is 55.5. The number of nitrogen functional groups attached to an aromatic ring is 1. The Kier molecular flexibility index (Phi) is 36.2. The molecule has 6 heterocycles. The highest BCUT2D eigenvalue weighted by Crippen LogP contribution is 2.51. The molecule has 0 radical (unpaired) electrons. The van der Waals surface area contributed by atoms with E-state index in [9.17, 15) is 55.5 Å². The van der Waals surface area contributed by atoms with E-state index in [-0.39, 0.29) is 98.5 Å². The number of carbonyl (C=O) groups excluding carboxylic acids is 6. The number of Topliss-reactive ketones (excluding diaryl/α,β-unsaturated/α-hetero) is 2. The average Bonchev–Trinajstić information content (AvgIpc) is 1.61. The fourth-order valence-corrected chi connectivity index (χ4v) is 26.1. The Balaban J connectivity index is 0.000000158. The van der Waals surface area contributed by atoms with Gasteiger partial charge in [0.25, 0.3) is 20.0 Å². The van der Waals surface area contributed by atoms with Gasteiger partial charge in [-0.25, -0.2) is 16.8 Å². The number of hydrogen-bond acceptors (Lipinski definition) is 19. The number of aryl methyl sites for hydroxylation is 4. The Labute approximate surface area is 864 Å². The monoisotopic (exact) mass is 2060 g/mol. The van der Waals surface area contributed by atoms with Crippen molar-refractivity contribution in [3.05, 3.63) is 253 Å². The van der Waals surface area contributed by atoms with Gasteiger partial charge in [0.2, 0.25) is 0 Å². The molecule has 11 aromatic rings. The fourth-order valence-electron chi connectivity index (χ4n) is 20.2. The fraction of sp³-hybridized carbons (Fsp3) is 0.465. The number of nitrogens with one attached hydrogen (secondary N) is 3. The second-order valence-electron chi connectivity index (χ2n) is 43.2. The van der Waals surface area contributed by atoms with E-state index in [1.54, 1.807) is 109 Å². The molecule has 0 amide bonds. The van der Waals surface area contributed by atoms with Crippen molar-refractivity contribution in [3.8, 4) is 0 Å². The van der Waals surface area contributed by atoms with E-state index >= 15 is 0 Å². The zero-order chi connectivity index (χ0) is 105. The first kappa shape index (κ1) is 112. The molecule has 144 heavy (non-hydrogen) atoms. The summed E-state index contributed by atoms with van der Waals surface area (Å²) in [7, 11) is -7.45. The van der Waals surface area contributed by atoms with E-state index in [1.807, 2.05) is 118 Å². The molecular formula is C114H147N9O16S5. The third-order valence-corrected chi connectivity index (χ3v) is 34.3. The van der Waals surface area contributed by atoms with Gasteiger partial charge in [-0.3, -0.25) is 43.0 Å². The van der Waals surface area contributed by atoms with Crippen molar-refractivity contribution in [3.63, 3.8) is 0 Å². The zero-order valence-electron chi connectivity index (χ0n) is 88.0. The predicted molar refractivity (Wildman–Crippen MR) is 572 cm³/mol. The number of aliphatic carboxylic acids is 1. The number of nitrogens with two attached hydrogens (primary N) is 1. The summed E-state index contributed by atoms with van der Waals surface area (Å²) in [5.74, 6) is -1.21. The van der Waals surface area contributed by atoms with E-state index in [1.165, 1.54) is 68.1 Å². The smallest absolute Gasteiger partial charge is 0.325 e. The molecule has 0 bridgehead atoms. The van der Waals surface area contributed by atoms with Crippen LogP contribution in [0.25, 0.3) is 0 Å². The number of carboxylic acid groups (broad SMARTS) is 1. The van der Waals surface area contributed by atoms with Crippen LogP contribution in [-0.2, 0) is 160 Å². The molecule has 0 spiro atoms. The van der Waals surface area contributed by atoms with Gasteiger partial charge in [0, 0.05) is 127 Å². The third-order valence-electron chi connectivity index (χ3n) is 27.6. The molecule has 6 aliphatic carbocycles. The van der Waals surface area contributed by atoms with Gasteiger partial charge in [0.15, 0.2) is 11.6 Å². The summed E-state index contributed by atoms with van der Waals surface area (Å²) < 4.78 is 88.0. The molecule has 6 aliphatic rings. The van der Waals surface area contributed by atoms with Crippen LogP contribution in [0.2, 0.25) is 0 Å². The van der Waals surface area contributed by atoms with Crippen LogP contribution in [0.15, 0.2) is 191 Å². The molecule has 30 heteroatoms. The van der Waals surface area contributed by atoms with Crippen LogP contribution in [-0.4, -0.2) is 118 Å². The Hall–Kier alpha value is -11.2. The van der Waals surface area contributed by atoms with E-state index in [2.05, 4.69) is 137 Å². The molecule has 0 saturated heterocycles. The minimum absolute atomic E-state index is 0.0404. The lowest BCUT2D eigenvalue weighted by atomic mass is 9.76. The number of nitrogens with zero attached hydrogens (tertiary/aromatic N) is 5. The van der Waals surface area contributed by atoms with Crippen molar-refractivity contribution in [2.45, 2.75) is 327 Å². The van der Waals surface area contributed by atoms with Gasteiger partial charge in [0.1, 0.15) is 32.7 Å². The summed E-state index contributed by atoms with van der Waals surface area (Å²) in [4.78, 5) is 93.0. The Morgan fingerprint density at radius 1 is 0.382 bits per heavy atom. The van der Waals surface area contributed by atoms with Crippen LogP contribution in [0.5, 0.6) is 0 Å². The van der Waals surface area contributed by atoms with Crippen LogP contribution in [0.3, 0.4) is 0 Å². The minimum atomic E-state index is -3.73. The quantitative estimate of drug-likeness (QED) is 0.0191. The third kappa shape index (κ3) is 28.2. The number of benzene rings is 5. The number of ether oxygens (including phenoxy) is 4. The van der Waals surface area contributed by atoms with Crippen LogP contribution in [0.1, 0.15) is 261 Å². The largest absolute Gasteiger partial charge is 0.480 e. The van der Waals surface area contributed by atoms with E-state index in [0.29, 0.717) is 62.6 Å². The van der Waals surface area contributed by atoms with Crippen molar-refractivity contribution >= 4 is 114 Å². The molecule has 17 rings (SSSR count). The standard InChI is InChI=1S/C27H32N2O4S2.C25H28N2O4S2.C21H28N2O2S.C15H21NO3.C15H23NO2.C11H15NO/c1-5-33-25(30)18-29-19(2)26(21-15-16-27(3,4)17-23(21)29)34-24-14-10-9-13-22(24)28-35(31,32)20-11-7-6-8-12-20;1-17-24(19-13-14-25(2,3)15-21(19)27(17)16-23(28)29)32-22-12-8-7-11-20(22)26-33(30,31)18-9-5-4-6-10-18;1-5-25-19(24)13-23-14(2)20(26-18-9-7-6-8-16(18)22)15-10-11-21(3,4)12-17(15)23;1-5-19-14(18)9-16-10(2)6-11-12(16)7-15(3,4)8-13(11)17;1-5-18-14(17)10-16-11(2)8-12-6-7-15(3,4)9-13(12)16;1-7-4-8-9(12-7)5-11(2,3)6-10(8)13/h6-14,28H,5,15-18H2,1-4H3;4-12,26H,13-16H2,1-3H3,(H,28,29);6-9H,5,10-13,22H2,1-4H3;6H,5,7-9H2,1-4H3;8H,5-7,9-10H2,1-4H3;4,12H,5-6H2,1-3H3. The molecule has 774 valence electrons. The summed E-state index contributed by atoms with van der Waals surface area (Å²) >= 11 is 4.77. The van der Waals surface area contributed by atoms with Gasteiger partial charge in [-0.2, -0.15) is 0 Å². The first-order chi connectivity index (χ1) is 67.7. The van der Waals surface area contributed by atoms with Gasteiger partial charge in [-0.05, 0) is 293 Å². The van der Waals surface area contributed by atoms with E-state index in [4.69, 9.17) is 24.7 Å². The number of sulfonamides is 2. The first-order valence-electron chi connectivity index (χ1n) is 50.1. The summed E-state index contributed by atoms with van der Waals surface area (Å²) in [6, 6.07) is 45.4. The molecular weight excluding hydrogens is 1910 g/mol. The van der Waals surface area contributed by atoms with Crippen LogP contribution in [0, 0.1) is 74.0 Å². The number of ketones is 2. The minimum Gasteiger partial charge on any atom is -0.480 e. The highest BCUT2D eigenvalue weighted by Gasteiger charge is 2.40. The maximum absolute atomic E-state index is 13.0. The molecule has 0 saturated carbocycles. The number of aromatic nitrogens is 6. The molecule has 0 atom stereocenters. The Morgan fingerprint density at radius 3 is 1.11 bits per heavy atom.